The molecule has 20 heavy (non-hydrogen) atoms. The normalized spacial score (nSPS) is 52.2. The number of nitrogens with two attached hydrogens (primary N) is 1. The van der Waals surface area contributed by atoms with Crippen LogP contribution in [0, 0.1) is 38.9 Å². The number of rotatable bonds is 2. The monoisotopic (exact) mass is 275 g/mol. The minimum atomic E-state index is -1.29. The first-order valence-electron chi connectivity index (χ1n) is 6.96. The predicted molar refractivity (Wildman–Crippen MR) is 68.5 cm³/mol. The summed E-state index contributed by atoms with van der Waals surface area (Å²) in [6.07, 6.45) is 1.45. The number of nitrogens with zero attached hydrogens (tertiary/aromatic N) is 2. The molecular formula is C14H19N4O2+. The van der Waals surface area contributed by atoms with Crippen LogP contribution in [0.2, 0.25) is 0 Å². The number of hydrogen-bond donors (Lipinski definition) is 2. The van der Waals surface area contributed by atoms with Crippen LogP contribution in [0.4, 0.5) is 0 Å². The molecule has 0 aromatic rings. The van der Waals surface area contributed by atoms with E-state index in [1.165, 1.54) is 0 Å². The minimum absolute atomic E-state index is 0.138. The molecule has 1 saturated heterocycles. The fourth-order valence-corrected chi connectivity index (χ4v) is 4.53. The molecule has 1 saturated carbocycles. The zero-order chi connectivity index (χ0) is 14.8. The second-order valence-corrected chi connectivity index (χ2v) is 6.20. The molecule has 6 heteroatoms. The average molecular weight is 275 g/mol. The van der Waals surface area contributed by atoms with E-state index in [4.69, 9.17) is 15.2 Å². The van der Waals surface area contributed by atoms with Crippen LogP contribution in [0.15, 0.2) is 0 Å². The van der Waals surface area contributed by atoms with Crippen molar-refractivity contribution in [3.05, 3.63) is 0 Å². The van der Waals surface area contributed by atoms with Gasteiger partial charge in [-0.05, 0) is 13.3 Å². The first-order valence-corrected chi connectivity index (χ1v) is 6.96. The van der Waals surface area contributed by atoms with Crippen LogP contribution < -0.4 is 10.7 Å². The number of ether oxygens (including phenoxy) is 2. The summed E-state index contributed by atoms with van der Waals surface area (Å²) in [5, 5.41) is 19.6. The van der Waals surface area contributed by atoms with Gasteiger partial charge in [0.05, 0.1) is 24.8 Å². The van der Waals surface area contributed by atoms with Gasteiger partial charge >= 0.3 is 5.91 Å². The smallest absolute Gasteiger partial charge is 0.311 e. The van der Waals surface area contributed by atoms with Crippen molar-refractivity contribution in [2.45, 2.75) is 45.6 Å². The Kier molecular flexibility index (Phi) is 2.35. The zero-order valence-electron chi connectivity index (χ0n) is 12.0. The summed E-state index contributed by atoms with van der Waals surface area (Å²) in [5.41, 5.74) is 3.41. The van der Waals surface area contributed by atoms with Crippen molar-refractivity contribution in [3.8, 4) is 12.1 Å². The number of fused-ring (bicyclic) bond motifs is 2. The van der Waals surface area contributed by atoms with Gasteiger partial charge in [0.15, 0.2) is 10.8 Å². The van der Waals surface area contributed by atoms with Crippen molar-refractivity contribution in [1.29, 1.82) is 10.5 Å². The van der Waals surface area contributed by atoms with Crippen molar-refractivity contribution in [3.63, 3.8) is 0 Å². The third-order valence-electron chi connectivity index (χ3n) is 5.33. The van der Waals surface area contributed by atoms with Crippen LogP contribution in [0.1, 0.15) is 33.6 Å². The summed E-state index contributed by atoms with van der Waals surface area (Å²) in [6, 6.07) is 4.62. The molecule has 2 aliphatic heterocycles. The molecule has 0 aromatic heterocycles. The largest absolute Gasteiger partial charge is 0.343 e. The van der Waals surface area contributed by atoms with E-state index < -0.39 is 22.2 Å². The summed E-state index contributed by atoms with van der Waals surface area (Å²) >= 11 is 0. The molecule has 106 valence electrons. The zero-order valence-corrected chi connectivity index (χ0v) is 12.0. The fourth-order valence-electron chi connectivity index (χ4n) is 4.53. The SMILES string of the molecule is CCC[C@@]1(C)[C@]2(C#N)C(N)=[NH+][C@@]3(OC[C@H](C)O3)[C@]12C#N. The van der Waals surface area contributed by atoms with Crippen LogP contribution >= 0.6 is 0 Å². The second kappa shape index (κ2) is 3.52. The van der Waals surface area contributed by atoms with Crippen molar-refractivity contribution in [1.82, 2.24) is 0 Å². The number of nitriles is 2. The molecule has 1 spiro atoms. The van der Waals surface area contributed by atoms with Gasteiger partial charge in [0.1, 0.15) is 0 Å². The molecule has 3 rings (SSSR count). The molecule has 1 aliphatic carbocycles. The highest BCUT2D eigenvalue weighted by atomic mass is 16.8. The van der Waals surface area contributed by atoms with Gasteiger partial charge in [-0.15, -0.1) is 0 Å². The maximum absolute atomic E-state index is 9.89. The Morgan fingerprint density at radius 2 is 2.15 bits per heavy atom. The molecule has 0 radical (unpaired) electrons. The van der Waals surface area contributed by atoms with Crippen LogP contribution in [0.25, 0.3) is 0 Å². The topological polar surface area (TPSA) is 106 Å². The van der Waals surface area contributed by atoms with Crippen LogP contribution in [0.5, 0.6) is 0 Å². The van der Waals surface area contributed by atoms with Gasteiger partial charge in [-0.1, -0.05) is 20.3 Å². The Morgan fingerprint density at radius 1 is 1.45 bits per heavy atom. The highest BCUT2D eigenvalue weighted by Crippen LogP contribution is 2.84. The Morgan fingerprint density at radius 3 is 2.60 bits per heavy atom. The van der Waals surface area contributed by atoms with Crippen molar-refractivity contribution >= 4 is 5.84 Å². The van der Waals surface area contributed by atoms with Gasteiger partial charge in [0, 0.05) is 5.41 Å². The number of nitrogens with one attached hydrogen (secondary N) is 1. The van der Waals surface area contributed by atoms with Crippen molar-refractivity contribution < 1.29 is 14.5 Å². The molecule has 0 bridgehead atoms. The Hall–Kier alpha value is -1.63. The molecule has 2 heterocycles. The summed E-state index contributed by atoms with van der Waals surface area (Å²) in [4.78, 5) is 2.96. The molecule has 3 aliphatic rings. The lowest BCUT2D eigenvalue weighted by Crippen LogP contribution is -2.90. The molecular weight excluding hydrogens is 256 g/mol. The van der Waals surface area contributed by atoms with Crippen molar-refractivity contribution in [2.24, 2.45) is 22.0 Å². The fraction of sp³-hybridized carbons (Fsp3) is 0.786. The molecule has 0 amide bonds. The maximum atomic E-state index is 9.89. The van der Waals surface area contributed by atoms with E-state index in [-0.39, 0.29) is 6.10 Å². The molecule has 0 aromatic carbocycles. The summed E-state index contributed by atoms with van der Waals surface area (Å²) in [7, 11) is 0. The summed E-state index contributed by atoms with van der Waals surface area (Å²) in [6.45, 7) is 6.23. The van der Waals surface area contributed by atoms with E-state index in [0.717, 1.165) is 12.8 Å². The molecule has 5 atom stereocenters. The van der Waals surface area contributed by atoms with Crippen LogP contribution in [0.3, 0.4) is 0 Å². The molecule has 2 fully saturated rings. The lowest BCUT2D eigenvalue weighted by atomic mass is 9.87. The minimum Gasteiger partial charge on any atom is -0.311 e. The standard InChI is InChI=1S/C14H18N4O2/c1-4-5-11(3)12(7-15)10(17)18-14(13(11,12)8-16)19-6-9(2)20-14/h9H,4-6H2,1-3H3,(H2,17,18)/p+1/t9-,11-,12-,13+,14+/m0/s1. The van der Waals surface area contributed by atoms with Gasteiger partial charge in [0.25, 0.3) is 5.84 Å². The number of amidine groups is 1. The second-order valence-electron chi connectivity index (χ2n) is 6.20. The highest BCUT2D eigenvalue weighted by Gasteiger charge is 3.02. The first kappa shape index (κ1) is 13.4. The van der Waals surface area contributed by atoms with Crippen LogP contribution in [-0.2, 0) is 9.47 Å². The third kappa shape index (κ3) is 0.933. The summed E-state index contributed by atoms with van der Waals surface area (Å²) in [5.74, 6) is -0.989. The van der Waals surface area contributed by atoms with E-state index in [1.54, 1.807) is 0 Å². The molecule has 3 N–H and O–H groups in total. The molecule has 6 nitrogen and oxygen atoms in total. The Balaban J connectivity index is 2.21. The highest BCUT2D eigenvalue weighted by molar-refractivity contribution is 5.94. The molecule has 0 unspecified atom stereocenters. The van der Waals surface area contributed by atoms with Crippen molar-refractivity contribution in [2.75, 3.05) is 6.61 Å². The van der Waals surface area contributed by atoms with E-state index in [2.05, 4.69) is 17.1 Å². The average Bonchev–Trinajstić information content (AvgIpc) is 2.62. The van der Waals surface area contributed by atoms with E-state index in [1.807, 2.05) is 20.8 Å². The van der Waals surface area contributed by atoms with Gasteiger partial charge in [-0.2, -0.15) is 10.5 Å². The van der Waals surface area contributed by atoms with Crippen LogP contribution in [-0.4, -0.2) is 24.5 Å². The van der Waals surface area contributed by atoms with E-state index in [0.29, 0.717) is 12.4 Å². The summed E-state index contributed by atoms with van der Waals surface area (Å²) < 4.78 is 11.7. The Bertz CT molecular complexity index is 591. The van der Waals surface area contributed by atoms with Gasteiger partial charge in [0.2, 0.25) is 0 Å². The van der Waals surface area contributed by atoms with E-state index >= 15 is 0 Å². The number of hydrogen-bond acceptors (Lipinski definition) is 5. The maximum Gasteiger partial charge on any atom is 0.343 e. The third-order valence-corrected chi connectivity index (χ3v) is 5.33. The van der Waals surface area contributed by atoms with Gasteiger partial charge < -0.3 is 9.47 Å². The quantitative estimate of drug-likeness (QED) is 0.697. The van der Waals surface area contributed by atoms with E-state index in [9.17, 15) is 10.5 Å². The first-order chi connectivity index (χ1) is 9.41. The van der Waals surface area contributed by atoms with Gasteiger partial charge in [-0.3, -0.25) is 5.73 Å². The van der Waals surface area contributed by atoms with Gasteiger partial charge in [-0.25, -0.2) is 4.99 Å². The predicted octanol–water partition coefficient (Wildman–Crippen LogP) is -0.633. The Labute approximate surface area is 118 Å². The lowest BCUT2D eigenvalue weighted by molar-refractivity contribution is -0.680. The lowest BCUT2D eigenvalue weighted by Gasteiger charge is -2.27.